The number of fused-ring (bicyclic) bond motifs is 12. The summed E-state index contributed by atoms with van der Waals surface area (Å²) in [6.07, 6.45) is 0. The van der Waals surface area contributed by atoms with Crippen LogP contribution in [0.25, 0.3) is 92.3 Å². The lowest BCUT2D eigenvalue weighted by molar-refractivity contribution is 1.09. The fraction of sp³-hybridized carbons (Fsp3) is 0. The van der Waals surface area contributed by atoms with Gasteiger partial charge < -0.3 is 0 Å². The SMILES string of the molecule is c1ccc2c(c1)-c1nc3ccccc3nc1-n1c3ccccc3c3cc(-c4ccc5sc6ccccc6c5c4)cc-2c31. The maximum Gasteiger partial charge on any atom is 0.165 e. The van der Waals surface area contributed by atoms with Gasteiger partial charge in [-0.1, -0.05) is 78.9 Å². The lowest BCUT2D eigenvalue weighted by Crippen LogP contribution is -2.02. The van der Waals surface area contributed by atoms with Gasteiger partial charge in [0.2, 0.25) is 0 Å². The Morgan fingerprint density at radius 2 is 1.17 bits per heavy atom. The van der Waals surface area contributed by atoms with Crippen LogP contribution >= 0.6 is 11.3 Å². The molecule has 0 radical (unpaired) electrons. The van der Waals surface area contributed by atoms with Gasteiger partial charge in [0, 0.05) is 42.1 Å². The summed E-state index contributed by atoms with van der Waals surface area (Å²) in [5.41, 5.74) is 11.0. The van der Waals surface area contributed by atoms with Crippen molar-refractivity contribution in [3.05, 3.63) is 127 Å². The largest absolute Gasteiger partial charge is 0.291 e. The number of rotatable bonds is 1. The lowest BCUT2D eigenvalue weighted by Gasteiger charge is -2.12. The van der Waals surface area contributed by atoms with Gasteiger partial charge in [0.05, 0.1) is 22.1 Å². The van der Waals surface area contributed by atoms with Gasteiger partial charge in [0.15, 0.2) is 5.82 Å². The topological polar surface area (TPSA) is 30.7 Å². The first kappa shape index (κ1) is 22.4. The molecule has 3 nitrogen and oxygen atoms in total. The predicted octanol–water partition coefficient (Wildman–Crippen LogP) is 10.4. The number of aromatic nitrogens is 3. The third kappa shape index (κ3) is 2.94. The first-order chi connectivity index (χ1) is 20.8. The van der Waals surface area contributed by atoms with Gasteiger partial charge in [-0.15, -0.1) is 11.3 Å². The monoisotopic (exact) mass is 551 g/mol. The molecule has 0 bridgehead atoms. The van der Waals surface area contributed by atoms with E-state index < -0.39 is 0 Å². The van der Waals surface area contributed by atoms with Crippen LogP contribution in [0.4, 0.5) is 0 Å². The zero-order chi connectivity index (χ0) is 27.4. The van der Waals surface area contributed by atoms with E-state index in [0.29, 0.717) is 0 Å². The Morgan fingerprint density at radius 1 is 0.476 bits per heavy atom. The maximum absolute atomic E-state index is 5.26. The molecule has 1 aliphatic rings. The standard InChI is InChI=1S/C38H21N3S/c1-2-12-27-24(9-1)29-20-23(22-17-18-35-28(19-22)26-11-4-8-16-34(26)42-35)21-30-25-10-3-7-15-33(25)41(37(29)30)38-36(27)39-31-13-5-6-14-32(31)40-38/h1-21H. The third-order valence-electron chi connectivity index (χ3n) is 8.71. The average molecular weight is 552 g/mol. The second-order valence-electron chi connectivity index (χ2n) is 11.0. The van der Waals surface area contributed by atoms with Crippen LogP contribution in [-0.2, 0) is 0 Å². The molecule has 3 aromatic heterocycles. The van der Waals surface area contributed by atoms with Crippen LogP contribution in [0, 0.1) is 0 Å². The van der Waals surface area contributed by atoms with Gasteiger partial charge in [-0.05, 0) is 65.2 Å². The summed E-state index contributed by atoms with van der Waals surface area (Å²) in [4.78, 5) is 10.5. The first-order valence-corrected chi connectivity index (χ1v) is 15.0. The van der Waals surface area contributed by atoms with Crippen molar-refractivity contribution >= 4 is 64.3 Å². The van der Waals surface area contributed by atoms with Crippen molar-refractivity contribution in [3.8, 4) is 39.3 Å². The van der Waals surface area contributed by atoms with Crippen LogP contribution < -0.4 is 0 Å². The van der Waals surface area contributed by atoms with Crippen LogP contribution in [0.3, 0.4) is 0 Å². The molecular weight excluding hydrogens is 531 g/mol. The molecule has 1 aliphatic heterocycles. The van der Waals surface area contributed by atoms with Crippen molar-refractivity contribution in [2.75, 3.05) is 0 Å². The van der Waals surface area contributed by atoms with Crippen LogP contribution in [0.2, 0.25) is 0 Å². The predicted molar refractivity (Wildman–Crippen MR) is 177 cm³/mol. The Labute approximate surface area is 245 Å². The molecule has 10 rings (SSSR count). The van der Waals surface area contributed by atoms with Crippen molar-refractivity contribution < 1.29 is 0 Å². The van der Waals surface area contributed by atoms with E-state index in [2.05, 4.69) is 120 Å². The third-order valence-corrected chi connectivity index (χ3v) is 9.87. The van der Waals surface area contributed by atoms with E-state index in [1.807, 2.05) is 23.5 Å². The highest BCUT2D eigenvalue weighted by Gasteiger charge is 2.27. The van der Waals surface area contributed by atoms with E-state index in [9.17, 15) is 0 Å². The molecule has 0 amide bonds. The zero-order valence-electron chi connectivity index (χ0n) is 22.4. The first-order valence-electron chi connectivity index (χ1n) is 14.2. The van der Waals surface area contributed by atoms with Crippen molar-refractivity contribution in [2.24, 2.45) is 0 Å². The van der Waals surface area contributed by atoms with Crippen LogP contribution in [-0.4, -0.2) is 14.5 Å². The summed E-state index contributed by atoms with van der Waals surface area (Å²) < 4.78 is 4.99. The Kier molecular flexibility index (Phi) is 4.33. The molecule has 194 valence electrons. The van der Waals surface area contributed by atoms with Crippen molar-refractivity contribution in [2.45, 2.75) is 0 Å². The summed E-state index contributed by atoms with van der Waals surface area (Å²) in [7, 11) is 0. The summed E-state index contributed by atoms with van der Waals surface area (Å²) >= 11 is 1.86. The zero-order valence-corrected chi connectivity index (χ0v) is 23.2. The quantitative estimate of drug-likeness (QED) is 0.203. The average Bonchev–Trinajstić information content (AvgIpc) is 3.55. The molecule has 4 heterocycles. The fourth-order valence-electron chi connectivity index (χ4n) is 6.85. The Hall–Kier alpha value is -5.32. The van der Waals surface area contributed by atoms with Gasteiger partial charge >= 0.3 is 0 Å². The van der Waals surface area contributed by atoms with E-state index in [4.69, 9.17) is 9.97 Å². The Morgan fingerprint density at radius 3 is 2.07 bits per heavy atom. The molecule has 0 fully saturated rings. The van der Waals surface area contributed by atoms with Gasteiger partial charge in [-0.25, -0.2) is 9.97 Å². The van der Waals surface area contributed by atoms with Gasteiger partial charge in [0.25, 0.3) is 0 Å². The molecule has 42 heavy (non-hydrogen) atoms. The molecule has 0 aliphatic carbocycles. The van der Waals surface area contributed by atoms with E-state index in [1.165, 1.54) is 58.7 Å². The van der Waals surface area contributed by atoms with Crippen LogP contribution in [0.5, 0.6) is 0 Å². The minimum absolute atomic E-state index is 0.880. The smallest absolute Gasteiger partial charge is 0.165 e. The second kappa shape index (κ2) is 8.12. The lowest BCUT2D eigenvalue weighted by atomic mass is 9.92. The number of nitrogens with zero attached hydrogens (tertiary/aromatic N) is 3. The van der Waals surface area contributed by atoms with Crippen molar-refractivity contribution in [1.29, 1.82) is 0 Å². The molecule has 0 atom stereocenters. The number of thiophene rings is 1. The minimum atomic E-state index is 0.880. The fourth-order valence-corrected chi connectivity index (χ4v) is 7.93. The molecule has 0 saturated carbocycles. The van der Waals surface area contributed by atoms with Gasteiger partial charge in [0.1, 0.15) is 5.69 Å². The van der Waals surface area contributed by atoms with Gasteiger partial charge in [-0.3, -0.25) is 4.57 Å². The summed E-state index contributed by atoms with van der Waals surface area (Å²) in [5, 5.41) is 5.08. The van der Waals surface area contributed by atoms with E-state index in [-0.39, 0.29) is 0 Å². The van der Waals surface area contributed by atoms with Crippen LogP contribution in [0.15, 0.2) is 127 Å². The molecule has 0 spiro atoms. The number of benzene rings is 6. The van der Waals surface area contributed by atoms with E-state index in [1.54, 1.807) is 0 Å². The van der Waals surface area contributed by atoms with Gasteiger partial charge in [-0.2, -0.15) is 0 Å². The highest BCUT2D eigenvalue weighted by molar-refractivity contribution is 7.25. The molecule has 0 saturated heterocycles. The number of para-hydroxylation sites is 3. The highest BCUT2D eigenvalue weighted by Crippen LogP contribution is 2.48. The number of hydrogen-bond acceptors (Lipinski definition) is 3. The molecule has 9 aromatic rings. The minimum Gasteiger partial charge on any atom is -0.291 e. The van der Waals surface area contributed by atoms with E-state index >= 15 is 0 Å². The maximum atomic E-state index is 5.26. The Balaban J connectivity index is 1.36. The van der Waals surface area contributed by atoms with E-state index in [0.717, 1.165) is 33.6 Å². The second-order valence-corrected chi connectivity index (χ2v) is 12.1. The van der Waals surface area contributed by atoms with Crippen molar-refractivity contribution in [3.63, 3.8) is 0 Å². The molecular formula is C38H21N3S. The van der Waals surface area contributed by atoms with Crippen molar-refractivity contribution in [1.82, 2.24) is 14.5 Å². The summed E-state index contributed by atoms with van der Waals surface area (Å²) in [6, 6.07) is 45.9. The summed E-state index contributed by atoms with van der Waals surface area (Å²) in [6.45, 7) is 0. The number of hydrogen-bond donors (Lipinski definition) is 0. The molecule has 4 heteroatoms. The Bertz CT molecular complexity index is 2590. The normalized spacial score (nSPS) is 12.3. The summed E-state index contributed by atoms with van der Waals surface area (Å²) in [5.74, 6) is 0.880. The highest BCUT2D eigenvalue weighted by atomic mass is 32.1. The molecule has 0 N–H and O–H groups in total. The molecule has 6 aromatic carbocycles. The van der Waals surface area contributed by atoms with Crippen LogP contribution in [0.1, 0.15) is 0 Å². The molecule has 0 unspecified atom stereocenters.